The molecule has 2 aliphatic rings. The monoisotopic (exact) mass is 410 g/mol. The van der Waals surface area contributed by atoms with Crippen molar-refractivity contribution in [1.29, 1.82) is 0 Å². The van der Waals surface area contributed by atoms with E-state index in [9.17, 15) is 18.3 Å². The number of rotatable bonds is 4. The molecule has 2 aromatic carbocycles. The number of ether oxygens (including phenoxy) is 1. The number of alkyl halides is 3. The third-order valence-electron chi connectivity index (χ3n) is 5.11. The maximum absolute atomic E-state index is 12.7. The molecule has 2 heterocycles. The SMILES string of the molecule is OC1(c2ccc(SN3CCN(c4ccc(C(F)(F)F)cc4)CC3)cc2)COC1. The van der Waals surface area contributed by atoms with Crippen LogP contribution in [0.3, 0.4) is 0 Å². The van der Waals surface area contributed by atoms with Crippen LogP contribution in [0.5, 0.6) is 0 Å². The average molecular weight is 410 g/mol. The third-order valence-corrected chi connectivity index (χ3v) is 6.21. The van der Waals surface area contributed by atoms with Gasteiger partial charge >= 0.3 is 6.18 Å². The molecule has 0 radical (unpaired) electrons. The van der Waals surface area contributed by atoms with E-state index < -0.39 is 17.3 Å². The second-order valence-corrected chi connectivity index (χ2v) is 8.27. The highest BCUT2D eigenvalue weighted by Crippen LogP contribution is 2.33. The molecule has 1 N–H and O–H groups in total. The second kappa shape index (κ2) is 7.59. The van der Waals surface area contributed by atoms with Crippen molar-refractivity contribution < 1.29 is 23.0 Å². The van der Waals surface area contributed by atoms with Crippen molar-refractivity contribution in [3.05, 3.63) is 59.7 Å². The molecule has 2 fully saturated rings. The van der Waals surface area contributed by atoms with Gasteiger partial charge in [0.2, 0.25) is 0 Å². The first-order chi connectivity index (χ1) is 13.3. The molecule has 28 heavy (non-hydrogen) atoms. The van der Waals surface area contributed by atoms with Crippen LogP contribution in [-0.2, 0) is 16.5 Å². The molecule has 0 unspecified atom stereocenters. The summed E-state index contributed by atoms with van der Waals surface area (Å²) in [5.41, 5.74) is 0.219. The normalized spacial score (nSPS) is 20.1. The Bertz CT molecular complexity index is 800. The molecule has 150 valence electrons. The van der Waals surface area contributed by atoms with Crippen molar-refractivity contribution >= 4 is 17.6 Å². The summed E-state index contributed by atoms with van der Waals surface area (Å²) >= 11 is 1.66. The molecular weight excluding hydrogens is 389 g/mol. The maximum atomic E-state index is 12.7. The highest BCUT2D eigenvalue weighted by molar-refractivity contribution is 7.97. The van der Waals surface area contributed by atoms with Crippen LogP contribution in [-0.4, -0.2) is 48.8 Å². The van der Waals surface area contributed by atoms with E-state index in [0.29, 0.717) is 13.2 Å². The van der Waals surface area contributed by atoms with Gasteiger partial charge in [-0.25, -0.2) is 4.31 Å². The molecule has 0 spiro atoms. The number of hydrogen-bond donors (Lipinski definition) is 1. The first-order valence-corrected chi connectivity index (χ1v) is 9.87. The fourth-order valence-electron chi connectivity index (χ4n) is 3.34. The van der Waals surface area contributed by atoms with Crippen LogP contribution in [0.4, 0.5) is 18.9 Å². The van der Waals surface area contributed by atoms with Crippen molar-refractivity contribution in [2.75, 3.05) is 44.3 Å². The highest BCUT2D eigenvalue weighted by atomic mass is 32.2. The molecule has 2 aliphatic heterocycles. The van der Waals surface area contributed by atoms with Crippen LogP contribution >= 0.6 is 11.9 Å². The summed E-state index contributed by atoms with van der Waals surface area (Å²) in [5, 5.41) is 10.3. The Balaban J connectivity index is 1.30. The summed E-state index contributed by atoms with van der Waals surface area (Å²) in [5.74, 6) is 0. The van der Waals surface area contributed by atoms with Gasteiger partial charge in [-0.15, -0.1) is 0 Å². The zero-order chi connectivity index (χ0) is 19.8. The van der Waals surface area contributed by atoms with E-state index in [2.05, 4.69) is 9.21 Å². The minimum Gasteiger partial charge on any atom is -0.380 e. The summed E-state index contributed by atoms with van der Waals surface area (Å²) in [6, 6.07) is 13.2. The van der Waals surface area contributed by atoms with Crippen LogP contribution in [0, 0.1) is 0 Å². The molecule has 0 aromatic heterocycles. The predicted molar refractivity (Wildman–Crippen MR) is 102 cm³/mol. The number of halogens is 3. The molecular formula is C20H21F3N2O2S. The van der Waals surface area contributed by atoms with Gasteiger partial charge in [-0.3, -0.25) is 0 Å². The molecule has 0 bridgehead atoms. The summed E-state index contributed by atoms with van der Waals surface area (Å²) in [7, 11) is 0. The van der Waals surface area contributed by atoms with Crippen LogP contribution in [0.25, 0.3) is 0 Å². The van der Waals surface area contributed by atoms with Crippen LogP contribution in [0.1, 0.15) is 11.1 Å². The number of hydrogen-bond acceptors (Lipinski definition) is 5. The van der Waals surface area contributed by atoms with Gasteiger partial charge in [0.1, 0.15) is 5.60 Å². The lowest BCUT2D eigenvalue weighted by Crippen LogP contribution is -2.46. The van der Waals surface area contributed by atoms with E-state index in [1.54, 1.807) is 24.1 Å². The molecule has 8 heteroatoms. The van der Waals surface area contributed by atoms with Gasteiger partial charge in [0.25, 0.3) is 0 Å². The van der Waals surface area contributed by atoms with Crippen LogP contribution < -0.4 is 4.90 Å². The predicted octanol–water partition coefficient (Wildman–Crippen LogP) is 3.75. The summed E-state index contributed by atoms with van der Waals surface area (Å²) in [6.07, 6.45) is -4.30. The van der Waals surface area contributed by atoms with Gasteiger partial charge in [0.15, 0.2) is 0 Å². The fraction of sp³-hybridized carbons (Fsp3) is 0.400. The summed E-state index contributed by atoms with van der Waals surface area (Å²) in [4.78, 5) is 3.20. The number of nitrogens with zero attached hydrogens (tertiary/aromatic N) is 2. The maximum Gasteiger partial charge on any atom is 0.416 e. The smallest absolute Gasteiger partial charge is 0.380 e. The quantitative estimate of drug-likeness (QED) is 0.777. The topological polar surface area (TPSA) is 35.9 Å². The number of benzene rings is 2. The Morgan fingerprint density at radius 3 is 2.00 bits per heavy atom. The highest BCUT2D eigenvalue weighted by Gasteiger charge is 2.37. The van der Waals surface area contributed by atoms with E-state index in [0.717, 1.165) is 54.5 Å². The summed E-state index contributed by atoms with van der Waals surface area (Å²) < 4.78 is 45.4. The fourth-order valence-corrected chi connectivity index (χ4v) is 4.24. The van der Waals surface area contributed by atoms with Gasteiger partial charge in [-0.2, -0.15) is 13.2 Å². The average Bonchev–Trinajstić information content (AvgIpc) is 2.67. The van der Waals surface area contributed by atoms with Crippen molar-refractivity contribution in [1.82, 2.24) is 4.31 Å². The van der Waals surface area contributed by atoms with E-state index in [4.69, 9.17) is 4.74 Å². The Kier molecular flexibility index (Phi) is 5.30. The first kappa shape index (κ1) is 19.6. The molecule has 0 atom stereocenters. The number of anilines is 1. The largest absolute Gasteiger partial charge is 0.416 e. The van der Waals surface area contributed by atoms with Crippen molar-refractivity contribution in [3.8, 4) is 0 Å². The van der Waals surface area contributed by atoms with E-state index in [-0.39, 0.29) is 0 Å². The lowest BCUT2D eigenvalue weighted by atomic mass is 9.92. The molecule has 2 saturated heterocycles. The minimum atomic E-state index is -4.30. The van der Waals surface area contributed by atoms with Crippen molar-refractivity contribution in [2.45, 2.75) is 16.7 Å². The van der Waals surface area contributed by atoms with Crippen LogP contribution in [0.15, 0.2) is 53.4 Å². The van der Waals surface area contributed by atoms with Gasteiger partial charge in [0, 0.05) is 36.8 Å². The Morgan fingerprint density at radius 2 is 1.50 bits per heavy atom. The zero-order valence-corrected chi connectivity index (χ0v) is 16.0. The van der Waals surface area contributed by atoms with E-state index in [1.807, 2.05) is 24.3 Å². The van der Waals surface area contributed by atoms with E-state index >= 15 is 0 Å². The molecule has 4 rings (SSSR count). The standard InChI is InChI=1S/C20H21F3N2O2S/c21-20(22,23)16-1-5-17(6-2-16)24-9-11-25(12-10-24)28-18-7-3-15(4-8-18)19(26)13-27-14-19/h1-8,26H,9-14H2. The molecule has 0 aliphatic carbocycles. The van der Waals surface area contributed by atoms with Crippen molar-refractivity contribution in [2.24, 2.45) is 0 Å². The Hall–Kier alpha value is -1.74. The van der Waals surface area contributed by atoms with Gasteiger partial charge in [-0.1, -0.05) is 12.1 Å². The van der Waals surface area contributed by atoms with Gasteiger partial charge in [-0.05, 0) is 53.9 Å². The molecule has 0 amide bonds. The second-order valence-electron chi connectivity index (χ2n) is 7.10. The lowest BCUT2D eigenvalue weighted by molar-refractivity contribution is -0.184. The Morgan fingerprint density at radius 1 is 0.893 bits per heavy atom. The number of piperazine rings is 1. The lowest BCUT2D eigenvalue weighted by Gasteiger charge is -2.37. The van der Waals surface area contributed by atoms with Gasteiger partial charge < -0.3 is 14.7 Å². The summed E-state index contributed by atoms with van der Waals surface area (Å²) in [6.45, 7) is 3.81. The Labute approximate surface area is 166 Å². The number of aliphatic hydroxyl groups is 1. The minimum absolute atomic E-state index is 0.339. The van der Waals surface area contributed by atoms with Crippen molar-refractivity contribution in [3.63, 3.8) is 0 Å². The molecule has 2 aromatic rings. The zero-order valence-electron chi connectivity index (χ0n) is 15.2. The molecule has 4 nitrogen and oxygen atoms in total. The van der Waals surface area contributed by atoms with Gasteiger partial charge in [0.05, 0.1) is 18.8 Å². The van der Waals surface area contributed by atoms with E-state index in [1.165, 1.54) is 0 Å². The molecule has 0 saturated carbocycles. The first-order valence-electron chi connectivity index (χ1n) is 9.09. The third kappa shape index (κ3) is 4.15. The van der Waals surface area contributed by atoms with Crippen LogP contribution in [0.2, 0.25) is 0 Å².